The van der Waals surface area contributed by atoms with E-state index in [1.54, 1.807) is 6.20 Å². The third-order valence-corrected chi connectivity index (χ3v) is 5.91. The Hall–Kier alpha value is -2.89. The monoisotopic (exact) mass is 391 g/mol. The van der Waals surface area contributed by atoms with Crippen LogP contribution in [0.15, 0.2) is 42.7 Å². The number of fused-ring (bicyclic) bond motifs is 1. The maximum atomic E-state index is 13.1. The number of aromatic nitrogens is 3. The van der Waals surface area contributed by atoms with Crippen LogP contribution in [-0.2, 0) is 17.8 Å². The van der Waals surface area contributed by atoms with Crippen molar-refractivity contribution in [3.63, 3.8) is 0 Å². The van der Waals surface area contributed by atoms with Gasteiger partial charge in [-0.25, -0.2) is 4.98 Å². The highest BCUT2D eigenvalue weighted by Crippen LogP contribution is 2.32. The molecule has 4 rings (SSSR count). The number of carbonyl (C=O) groups is 1. The number of carbonyl (C=O) groups excluding carboxylic acids is 1. The van der Waals surface area contributed by atoms with Gasteiger partial charge < -0.3 is 15.2 Å². The van der Waals surface area contributed by atoms with Crippen molar-refractivity contribution in [2.45, 2.75) is 45.6 Å². The number of hydrogen-bond acceptors (Lipinski definition) is 4. The minimum Gasteiger partial charge on any atom is -0.397 e. The largest absolute Gasteiger partial charge is 0.397 e. The van der Waals surface area contributed by atoms with E-state index in [1.807, 2.05) is 48.4 Å². The molecule has 6 nitrogen and oxygen atoms in total. The van der Waals surface area contributed by atoms with E-state index < -0.39 is 0 Å². The van der Waals surface area contributed by atoms with Crippen molar-refractivity contribution >= 4 is 22.5 Å². The number of pyridine rings is 1. The van der Waals surface area contributed by atoms with Crippen molar-refractivity contribution in [3.05, 3.63) is 54.2 Å². The molecule has 2 N–H and O–H groups in total. The maximum absolute atomic E-state index is 13.1. The summed E-state index contributed by atoms with van der Waals surface area (Å²) in [7, 11) is 0. The number of rotatable bonds is 5. The molecule has 0 saturated carbocycles. The van der Waals surface area contributed by atoms with Gasteiger partial charge in [0.15, 0.2) is 0 Å². The van der Waals surface area contributed by atoms with Gasteiger partial charge in [-0.15, -0.1) is 0 Å². The fourth-order valence-electron chi connectivity index (χ4n) is 4.38. The Morgan fingerprint density at radius 1 is 1.34 bits per heavy atom. The molecule has 2 aromatic heterocycles. The van der Waals surface area contributed by atoms with Crippen LogP contribution in [0.2, 0.25) is 0 Å². The topological polar surface area (TPSA) is 77.0 Å². The summed E-state index contributed by atoms with van der Waals surface area (Å²) in [5, 5.41) is 1.05. The Balaban J connectivity index is 1.49. The SMILES string of the molecule is CCc1nccn1CC(C)C(=O)N1CCCC(c2nc3ccccc3cc2N)C1. The summed E-state index contributed by atoms with van der Waals surface area (Å²) in [6.45, 7) is 6.25. The molecule has 0 bridgehead atoms. The van der Waals surface area contributed by atoms with Crippen molar-refractivity contribution < 1.29 is 4.79 Å². The van der Waals surface area contributed by atoms with Crippen molar-refractivity contribution in [2.75, 3.05) is 18.8 Å². The fraction of sp³-hybridized carbons (Fsp3) is 0.435. The average molecular weight is 392 g/mol. The highest BCUT2D eigenvalue weighted by molar-refractivity contribution is 5.82. The van der Waals surface area contributed by atoms with Gasteiger partial charge >= 0.3 is 0 Å². The fourth-order valence-corrected chi connectivity index (χ4v) is 4.38. The maximum Gasteiger partial charge on any atom is 0.227 e. The second-order valence-electron chi connectivity index (χ2n) is 8.03. The number of nitrogens with two attached hydrogens (primary N) is 1. The average Bonchev–Trinajstić information content (AvgIpc) is 3.19. The summed E-state index contributed by atoms with van der Waals surface area (Å²) >= 11 is 0. The zero-order valence-electron chi connectivity index (χ0n) is 17.2. The molecule has 1 aromatic carbocycles. The van der Waals surface area contributed by atoms with E-state index in [0.29, 0.717) is 13.1 Å². The zero-order valence-corrected chi connectivity index (χ0v) is 17.2. The number of piperidine rings is 1. The van der Waals surface area contributed by atoms with Crippen LogP contribution in [0.3, 0.4) is 0 Å². The second kappa shape index (κ2) is 8.23. The second-order valence-corrected chi connectivity index (χ2v) is 8.03. The molecule has 2 unspecified atom stereocenters. The minimum atomic E-state index is -0.0878. The van der Waals surface area contributed by atoms with E-state index in [4.69, 9.17) is 10.7 Å². The van der Waals surface area contributed by atoms with Crippen LogP contribution in [0.4, 0.5) is 5.69 Å². The van der Waals surface area contributed by atoms with Gasteiger partial charge in [0.05, 0.1) is 22.8 Å². The molecule has 2 atom stereocenters. The number of amides is 1. The molecule has 0 spiro atoms. The summed E-state index contributed by atoms with van der Waals surface area (Å²) < 4.78 is 2.09. The lowest BCUT2D eigenvalue weighted by molar-refractivity contribution is -0.136. The van der Waals surface area contributed by atoms with Crippen molar-refractivity contribution in [2.24, 2.45) is 5.92 Å². The molecule has 152 valence electrons. The molecule has 1 aliphatic heterocycles. The predicted molar refractivity (Wildman–Crippen MR) is 115 cm³/mol. The Morgan fingerprint density at radius 2 is 2.17 bits per heavy atom. The normalized spacial score (nSPS) is 18.1. The standard InChI is InChI=1S/C23H29N5O/c1-3-21-25-10-12-27(21)14-16(2)23(29)28-11-6-8-18(15-28)22-19(24)13-17-7-4-5-9-20(17)26-22/h4-5,7,9-10,12-13,16,18H,3,6,8,11,14-15,24H2,1-2H3. The van der Waals surface area contributed by atoms with Gasteiger partial charge in [0.25, 0.3) is 0 Å². The lowest BCUT2D eigenvalue weighted by atomic mass is 9.92. The molecule has 1 saturated heterocycles. The van der Waals surface area contributed by atoms with Gasteiger partial charge in [0.1, 0.15) is 5.82 Å². The molecule has 29 heavy (non-hydrogen) atoms. The van der Waals surface area contributed by atoms with Crippen LogP contribution in [0.25, 0.3) is 10.9 Å². The summed E-state index contributed by atoms with van der Waals surface area (Å²) in [5.74, 6) is 1.32. The molecule has 0 radical (unpaired) electrons. The highest BCUT2D eigenvalue weighted by atomic mass is 16.2. The predicted octanol–water partition coefficient (Wildman–Crippen LogP) is 3.62. The molecule has 1 aliphatic rings. The van der Waals surface area contributed by atoms with E-state index in [0.717, 1.165) is 53.9 Å². The third kappa shape index (κ3) is 3.97. The number of hydrogen-bond donors (Lipinski definition) is 1. The Bertz CT molecular complexity index is 1010. The lowest BCUT2D eigenvalue weighted by Gasteiger charge is -2.34. The summed E-state index contributed by atoms with van der Waals surface area (Å²) in [6.07, 6.45) is 6.62. The number of benzene rings is 1. The van der Waals surface area contributed by atoms with E-state index in [-0.39, 0.29) is 17.7 Å². The molecule has 6 heteroatoms. The lowest BCUT2D eigenvalue weighted by Crippen LogP contribution is -2.43. The third-order valence-electron chi connectivity index (χ3n) is 5.91. The summed E-state index contributed by atoms with van der Waals surface area (Å²) in [5.41, 5.74) is 8.96. The van der Waals surface area contributed by atoms with Crippen LogP contribution in [0.5, 0.6) is 0 Å². The summed E-state index contributed by atoms with van der Waals surface area (Å²) in [4.78, 5) is 24.3. The van der Waals surface area contributed by atoms with Gasteiger partial charge in [0, 0.05) is 49.8 Å². The minimum absolute atomic E-state index is 0.0878. The zero-order chi connectivity index (χ0) is 20.4. The Morgan fingerprint density at radius 3 is 3.00 bits per heavy atom. The van der Waals surface area contributed by atoms with Crippen LogP contribution >= 0.6 is 0 Å². The number of likely N-dealkylation sites (tertiary alicyclic amines) is 1. The van der Waals surface area contributed by atoms with Crippen LogP contribution in [0, 0.1) is 5.92 Å². The van der Waals surface area contributed by atoms with Gasteiger partial charge in [-0.2, -0.15) is 0 Å². The molecular formula is C23H29N5O. The molecule has 3 heterocycles. The van der Waals surface area contributed by atoms with E-state index in [1.165, 1.54) is 0 Å². The first-order chi connectivity index (χ1) is 14.1. The van der Waals surface area contributed by atoms with Crippen LogP contribution < -0.4 is 5.73 Å². The van der Waals surface area contributed by atoms with Crippen molar-refractivity contribution in [3.8, 4) is 0 Å². The van der Waals surface area contributed by atoms with Gasteiger partial charge in [0.2, 0.25) is 5.91 Å². The Kier molecular flexibility index (Phi) is 5.51. The van der Waals surface area contributed by atoms with Crippen molar-refractivity contribution in [1.82, 2.24) is 19.4 Å². The van der Waals surface area contributed by atoms with Gasteiger partial charge in [-0.05, 0) is 25.0 Å². The molecule has 0 aliphatic carbocycles. The first kappa shape index (κ1) is 19.4. The number of aryl methyl sites for hydroxylation is 1. The van der Waals surface area contributed by atoms with E-state index >= 15 is 0 Å². The number of nitrogen functional groups attached to an aromatic ring is 1. The van der Waals surface area contributed by atoms with E-state index in [2.05, 4.69) is 16.5 Å². The van der Waals surface area contributed by atoms with Gasteiger partial charge in [-0.3, -0.25) is 9.78 Å². The molecule has 3 aromatic rings. The first-order valence-corrected chi connectivity index (χ1v) is 10.5. The first-order valence-electron chi connectivity index (χ1n) is 10.5. The number of imidazole rings is 1. The van der Waals surface area contributed by atoms with Crippen molar-refractivity contribution in [1.29, 1.82) is 0 Å². The number of para-hydroxylation sites is 1. The smallest absolute Gasteiger partial charge is 0.227 e. The highest BCUT2D eigenvalue weighted by Gasteiger charge is 2.29. The number of anilines is 1. The van der Waals surface area contributed by atoms with Gasteiger partial charge in [-0.1, -0.05) is 32.0 Å². The van der Waals surface area contributed by atoms with Crippen LogP contribution in [-0.4, -0.2) is 38.4 Å². The molecule has 1 fully saturated rings. The molecular weight excluding hydrogens is 362 g/mol. The van der Waals surface area contributed by atoms with E-state index in [9.17, 15) is 4.79 Å². The quantitative estimate of drug-likeness (QED) is 0.721. The van der Waals surface area contributed by atoms with Crippen LogP contribution in [0.1, 0.15) is 44.1 Å². The summed E-state index contributed by atoms with van der Waals surface area (Å²) in [6, 6.07) is 10.0. The molecule has 1 amide bonds. The number of nitrogens with zero attached hydrogens (tertiary/aromatic N) is 4. The Labute approximate surface area is 171 Å².